The van der Waals surface area contributed by atoms with Gasteiger partial charge in [-0.2, -0.15) is 0 Å². The Morgan fingerprint density at radius 2 is 2.50 bits per heavy atom. The first-order valence-electron chi connectivity index (χ1n) is 1.81. The molecule has 0 saturated carbocycles. The third kappa shape index (κ3) is 0.651. The minimum atomic E-state index is -0.781. The predicted molar refractivity (Wildman–Crippen MR) is 22.2 cm³/mol. The van der Waals surface area contributed by atoms with Gasteiger partial charge in [0.25, 0.3) is 0 Å². The Hall–Kier alpha value is -1.39. The zero-order valence-corrected chi connectivity index (χ0v) is 3.74. The molecule has 0 aliphatic carbocycles. The number of aromatic hydroxyl groups is 1. The molecule has 1 heterocycles. The monoisotopic (exact) mass is 114 g/mol. The first-order chi connectivity index (χ1) is 3.80. The lowest BCUT2D eigenvalue weighted by Crippen LogP contribution is -2.04. The normalized spacial score (nSPS) is 9.00. The Kier molecular flexibility index (Phi) is 0.957. The molecule has 5 heteroatoms. The predicted octanol–water partition coefficient (Wildman–Crippen LogP) is -0.865. The number of aromatic nitrogens is 2. The van der Waals surface area contributed by atoms with E-state index in [2.05, 4.69) is 14.9 Å². The van der Waals surface area contributed by atoms with Gasteiger partial charge in [-0.05, 0) is 0 Å². The van der Waals surface area contributed by atoms with E-state index in [0.29, 0.717) is 0 Å². The highest BCUT2D eigenvalue weighted by molar-refractivity contribution is 5.03. The quantitative estimate of drug-likeness (QED) is 0.474. The molecule has 0 aliphatic rings. The van der Waals surface area contributed by atoms with Crippen molar-refractivity contribution in [1.82, 2.24) is 10.4 Å². The average Bonchev–Trinajstić information content (AvgIpc) is 1.77. The summed E-state index contributed by atoms with van der Waals surface area (Å²) in [5.41, 5.74) is -0.781. The van der Waals surface area contributed by atoms with E-state index in [1.807, 2.05) is 0 Å². The molecule has 0 bridgehead atoms. The highest BCUT2D eigenvalue weighted by Gasteiger charge is 1.92. The Bertz CT molecular complexity index is 230. The molecule has 5 nitrogen and oxygen atoms in total. The second kappa shape index (κ2) is 1.61. The highest BCUT2D eigenvalue weighted by Crippen LogP contribution is 1.90. The molecule has 0 unspecified atom stereocenters. The summed E-state index contributed by atoms with van der Waals surface area (Å²) in [7, 11) is 0. The molecule has 0 atom stereocenters. The minimum absolute atomic E-state index is 0.528. The van der Waals surface area contributed by atoms with Crippen molar-refractivity contribution in [2.24, 2.45) is 0 Å². The van der Waals surface area contributed by atoms with Crippen LogP contribution >= 0.6 is 0 Å². The molecule has 42 valence electrons. The summed E-state index contributed by atoms with van der Waals surface area (Å²) in [6.45, 7) is 0. The van der Waals surface area contributed by atoms with Crippen LogP contribution in [0.1, 0.15) is 0 Å². The first kappa shape index (κ1) is 4.76. The lowest BCUT2D eigenvalue weighted by molar-refractivity contribution is 0.323. The summed E-state index contributed by atoms with van der Waals surface area (Å²) < 4.78 is 4.08. The molecular formula is C3H2N2O3. The van der Waals surface area contributed by atoms with Crippen LogP contribution in [0.5, 0.6) is 5.75 Å². The van der Waals surface area contributed by atoms with Crippen molar-refractivity contribution in [3.8, 4) is 5.75 Å². The van der Waals surface area contributed by atoms with E-state index >= 15 is 0 Å². The zero-order chi connectivity index (χ0) is 5.98. The Morgan fingerprint density at radius 3 is 2.88 bits per heavy atom. The van der Waals surface area contributed by atoms with Crippen LogP contribution in [0.4, 0.5) is 0 Å². The van der Waals surface area contributed by atoms with Gasteiger partial charge in [-0.25, -0.2) is 0 Å². The number of hydrogen-bond acceptors (Lipinski definition) is 5. The van der Waals surface area contributed by atoms with Gasteiger partial charge in [-0.3, -0.25) is 4.79 Å². The molecule has 1 rings (SSSR count). The molecular weight excluding hydrogens is 112 g/mol. The molecule has 0 amide bonds. The van der Waals surface area contributed by atoms with Gasteiger partial charge in [0.05, 0.1) is 0 Å². The van der Waals surface area contributed by atoms with E-state index in [1.165, 1.54) is 0 Å². The third-order valence-corrected chi connectivity index (χ3v) is 0.562. The van der Waals surface area contributed by atoms with Gasteiger partial charge in [0.15, 0.2) is 6.26 Å². The largest absolute Gasteiger partial charge is 0.501 e. The maximum absolute atomic E-state index is 10.1. The van der Waals surface area contributed by atoms with Crippen LogP contribution in [-0.2, 0) is 0 Å². The van der Waals surface area contributed by atoms with Crippen LogP contribution in [0.2, 0.25) is 0 Å². The molecule has 0 spiro atoms. The number of nitrogens with zero attached hydrogens (tertiary/aromatic N) is 2. The van der Waals surface area contributed by atoms with E-state index in [1.54, 1.807) is 0 Å². The fraction of sp³-hybridized carbons (Fsp3) is 0. The molecule has 8 heavy (non-hydrogen) atoms. The van der Waals surface area contributed by atoms with Crippen LogP contribution in [-0.4, -0.2) is 15.5 Å². The summed E-state index contributed by atoms with van der Waals surface area (Å²) in [6, 6.07) is 0. The minimum Gasteiger partial charge on any atom is -0.501 e. The van der Waals surface area contributed by atoms with Gasteiger partial charge >= 0.3 is 5.56 Å². The van der Waals surface area contributed by atoms with Crippen molar-refractivity contribution < 1.29 is 9.63 Å². The number of hydrogen-bond donors (Lipinski definition) is 1. The van der Waals surface area contributed by atoms with E-state index < -0.39 is 11.3 Å². The van der Waals surface area contributed by atoms with Crippen LogP contribution < -0.4 is 5.56 Å². The molecule has 0 radical (unpaired) electrons. The molecule has 0 aliphatic heterocycles. The van der Waals surface area contributed by atoms with Gasteiger partial charge < -0.3 is 9.63 Å². The lowest BCUT2D eigenvalue weighted by atomic mass is 10.6. The van der Waals surface area contributed by atoms with E-state index in [9.17, 15) is 4.79 Å². The van der Waals surface area contributed by atoms with Crippen molar-refractivity contribution in [2.75, 3.05) is 0 Å². The van der Waals surface area contributed by atoms with Gasteiger partial charge in [-0.1, -0.05) is 5.10 Å². The fourth-order valence-corrected chi connectivity index (χ4v) is 0.236. The molecule has 1 aromatic heterocycles. The highest BCUT2D eigenvalue weighted by atomic mass is 16.5. The standard InChI is InChI=1S/C3H2N2O3/c6-2-1-8-5-4-3(2)7/h1,6H. The lowest BCUT2D eigenvalue weighted by Gasteiger charge is -1.79. The number of rotatable bonds is 0. The Labute approximate surface area is 43.6 Å². The van der Waals surface area contributed by atoms with Crippen LogP contribution in [0, 0.1) is 0 Å². The van der Waals surface area contributed by atoms with Gasteiger partial charge in [-0.15, -0.1) is 0 Å². The SMILES string of the molecule is O=c1nnocc1O. The second-order valence-corrected chi connectivity index (χ2v) is 1.10. The smallest absolute Gasteiger partial charge is 0.336 e. The summed E-state index contributed by atoms with van der Waals surface area (Å²) in [4.78, 5) is 10.1. The third-order valence-electron chi connectivity index (χ3n) is 0.562. The van der Waals surface area contributed by atoms with Crippen molar-refractivity contribution in [3.63, 3.8) is 0 Å². The molecule has 0 aromatic carbocycles. The summed E-state index contributed by atoms with van der Waals surface area (Å²) in [6.07, 6.45) is 0.815. The average molecular weight is 114 g/mol. The maximum atomic E-state index is 10.1. The van der Waals surface area contributed by atoms with E-state index in [-0.39, 0.29) is 0 Å². The molecule has 0 saturated heterocycles. The van der Waals surface area contributed by atoms with Crippen molar-refractivity contribution in [3.05, 3.63) is 16.6 Å². The summed E-state index contributed by atoms with van der Waals surface area (Å²) in [5.74, 6) is -0.528. The first-order valence-corrected chi connectivity index (χ1v) is 1.81. The van der Waals surface area contributed by atoms with Gasteiger partial charge in [0, 0.05) is 5.27 Å². The van der Waals surface area contributed by atoms with Crippen molar-refractivity contribution in [1.29, 1.82) is 0 Å². The van der Waals surface area contributed by atoms with Crippen LogP contribution in [0.15, 0.2) is 15.6 Å². The van der Waals surface area contributed by atoms with Crippen LogP contribution in [0.25, 0.3) is 0 Å². The summed E-state index contributed by atoms with van der Waals surface area (Å²) in [5, 5.41) is 14.1. The molecule has 1 N–H and O–H groups in total. The zero-order valence-electron chi connectivity index (χ0n) is 3.74. The van der Waals surface area contributed by atoms with E-state index in [4.69, 9.17) is 5.11 Å². The topological polar surface area (TPSA) is 76.2 Å². The second-order valence-electron chi connectivity index (χ2n) is 1.10. The van der Waals surface area contributed by atoms with Crippen LogP contribution in [0.3, 0.4) is 0 Å². The fourth-order valence-electron chi connectivity index (χ4n) is 0.236. The van der Waals surface area contributed by atoms with E-state index in [0.717, 1.165) is 6.26 Å². The summed E-state index contributed by atoms with van der Waals surface area (Å²) >= 11 is 0. The molecule has 0 fully saturated rings. The maximum Gasteiger partial charge on any atom is 0.336 e. The Morgan fingerprint density at radius 1 is 1.75 bits per heavy atom. The van der Waals surface area contributed by atoms with Crippen molar-refractivity contribution in [2.45, 2.75) is 0 Å². The van der Waals surface area contributed by atoms with Gasteiger partial charge in [0.2, 0.25) is 5.75 Å². The molecule has 1 aromatic rings. The van der Waals surface area contributed by atoms with Gasteiger partial charge in [0.1, 0.15) is 0 Å². The van der Waals surface area contributed by atoms with Crippen molar-refractivity contribution >= 4 is 0 Å². The Balaban J connectivity index is 3.35.